The molecule has 8 nitrogen and oxygen atoms in total. The highest BCUT2D eigenvalue weighted by atomic mass is 16.6. The molecule has 1 aliphatic carbocycles. The van der Waals surface area contributed by atoms with E-state index in [0.717, 1.165) is 47.2 Å². The summed E-state index contributed by atoms with van der Waals surface area (Å²) in [6.45, 7) is 9.34. The summed E-state index contributed by atoms with van der Waals surface area (Å²) < 4.78 is 5.60. The molecule has 2 heterocycles. The second kappa shape index (κ2) is 9.96. The van der Waals surface area contributed by atoms with Gasteiger partial charge in [0.1, 0.15) is 17.7 Å². The number of likely N-dealkylation sites (tertiary alicyclic amines) is 1. The van der Waals surface area contributed by atoms with Gasteiger partial charge in [0.2, 0.25) is 11.8 Å². The first kappa shape index (κ1) is 27.7. The summed E-state index contributed by atoms with van der Waals surface area (Å²) in [5.74, 6) is -0.122. The number of ether oxygens (including phenoxy) is 1. The van der Waals surface area contributed by atoms with Crippen molar-refractivity contribution in [3.05, 3.63) is 53.6 Å². The normalized spacial score (nSPS) is 23.5. The van der Waals surface area contributed by atoms with Gasteiger partial charge in [-0.1, -0.05) is 36.4 Å². The number of carbonyl (C=O) groups is 3. The van der Waals surface area contributed by atoms with Gasteiger partial charge in [0.05, 0.1) is 11.5 Å². The quantitative estimate of drug-likeness (QED) is 0.576. The lowest BCUT2D eigenvalue weighted by Crippen LogP contribution is -2.55. The molecular weight excluding hydrogens is 504 g/mol. The van der Waals surface area contributed by atoms with E-state index in [1.165, 1.54) is 0 Å². The summed E-state index contributed by atoms with van der Waals surface area (Å²) in [6, 6.07) is 14.9. The van der Waals surface area contributed by atoms with E-state index < -0.39 is 29.2 Å². The van der Waals surface area contributed by atoms with Crippen molar-refractivity contribution in [2.24, 2.45) is 5.92 Å². The average molecular weight is 543 g/mol. The van der Waals surface area contributed by atoms with Gasteiger partial charge >= 0.3 is 6.09 Å². The van der Waals surface area contributed by atoms with E-state index in [1.54, 1.807) is 9.80 Å². The van der Waals surface area contributed by atoms with Crippen LogP contribution in [0.25, 0.3) is 11.1 Å². The van der Waals surface area contributed by atoms with Crippen molar-refractivity contribution < 1.29 is 19.1 Å². The van der Waals surface area contributed by atoms with Gasteiger partial charge in [-0.2, -0.15) is 5.26 Å². The van der Waals surface area contributed by atoms with E-state index in [1.807, 2.05) is 84.1 Å². The molecule has 2 aromatic rings. The fourth-order valence-electron chi connectivity index (χ4n) is 6.52. The molecule has 1 saturated heterocycles. The number of likely N-dealkylation sites (N-methyl/N-ethyl adjacent to an activating group) is 1. The van der Waals surface area contributed by atoms with Crippen LogP contribution in [-0.2, 0) is 26.2 Å². The maximum atomic E-state index is 13.4. The van der Waals surface area contributed by atoms with Gasteiger partial charge in [-0.15, -0.1) is 0 Å². The molecule has 2 aromatic carbocycles. The zero-order valence-corrected chi connectivity index (χ0v) is 24.2. The van der Waals surface area contributed by atoms with Crippen LogP contribution in [0.3, 0.4) is 0 Å². The molecule has 4 atom stereocenters. The summed E-state index contributed by atoms with van der Waals surface area (Å²) in [5, 5.41) is 12.7. The number of anilines is 1. The zero-order chi connectivity index (χ0) is 29.0. The minimum atomic E-state index is -0.722. The number of carbonyl (C=O) groups excluding carboxylic acids is 3. The summed E-state index contributed by atoms with van der Waals surface area (Å²) in [4.78, 5) is 42.3. The van der Waals surface area contributed by atoms with Crippen molar-refractivity contribution in [2.75, 3.05) is 11.9 Å². The van der Waals surface area contributed by atoms with Crippen LogP contribution in [-0.4, -0.2) is 53.6 Å². The number of amides is 3. The van der Waals surface area contributed by atoms with E-state index in [0.29, 0.717) is 6.42 Å². The Morgan fingerprint density at radius 3 is 2.45 bits per heavy atom. The smallest absolute Gasteiger partial charge is 0.411 e. The molecule has 0 unspecified atom stereocenters. The minimum absolute atomic E-state index is 0.00637. The summed E-state index contributed by atoms with van der Waals surface area (Å²) in [6.07, 6.45) is 2.45. The summed E-state index contributed by atoms with van der Waals surface area (Å²) >= 11 is 0. The Kier molecular flexibility index (Phi) is 6.89. The van der Waals surface area contributed by atoms with Gasteiger partial charge in [0.25, 0.3) is 0 Å². The molecule has 3 amide bonds. The van der Waals surface area contributed by atoms with Crippen LogP contribution < -0.4 is 10.2 Å². The van der Waals surface area contributed by atoms with Crippen molar-refractivity contribution in [3.63, 3.8) is 0 Å². The van der Waals surface area contributed by atoms with Gasteiger partial charge < -0.3 is 15.0 Å². The molecule has 2 bridgehead atoms. The number of nitrogens with one attached hydrogen (secondary N) is 1. The lowest BCUT2D eigenvalue weighted by molar-refractivity contribution is -0.128. The Morgan fingerprint density at radius 1 is 1.12 bits per heavy atom. The molecule has 2 fully saturated rings. The summed E-state index contributed by atoms with van der Waals surface area (Å²) in [5.41, 5.74) is 3.69. The minimum Gasteiger partial charge on any atom is -0.444 e. The number of nitrogens with zero attached hydrogens (tertiary/aromatic N) is 3. The SMILES string of the molecule is CN1C(=O)C(C)(C)c2ccc(-c3ccc(C[C@@H](C#N)NC(=O)[C@@H]4[C@H]5CC[C@H](C5)N4C(=O)OC(C)(C)C)cc3)cc21. The van der Waals surface area contributed by atoms with Crippen LogP contribution in [0.4, 0.5) is 10.5 Å². The lowest BCUT2D eigenvalue weighted by Gasteiger charge is -2.35. The van der Waals surface area contributed by atoms with Crippen molar-refractivity contribution in [1.29, 1.82) is 5.26 Å². The Bertz CT molecular complexity index is 1390. The van der Waals surface area contributed by atoms with Crippen LogP contribution >= 0.6 is 0 Å². The third kappa shape index (κ3) is 4.94. The van der Waals surface area contributed by atoms with Crippen LogP contribution in [0.2, 0.25) is 0 Å². The Morgan fingerprint density at radius 2 is 1.80 bits per heavy atom. The molecule has 0 aromatic heterocycles. The Hall–Kier alpha value is -3.86. The topological polar surface area (TPSA) is 103 Å². The zero-order valence-electron chi connectivity index (χ0n) is 24.2. The number of benzene rings is 2. The van der Waals surface area contributed by atoms with Crippen LogP contribution in [0.15, 0.2) is 42.5 Å². The molecule has 0 radical (unpaired) electrons. The Balaban J connectivity index is 1.26. The third-order valence-corrected chi connectivity index (χ3v) is 8.53. The maximum Gasteiger partial charge on any atom is 0.411 e. The second-order valence-electron chi connectivity index (χ2n) is 12.9. The number of piperidine rings is 1. The number of hydrogen-bond acceptors (Lipinski definition) is 5. The number of nitriles is 1. The third-order valence-electron chi connectivity index (χ3n) is 8.53. The largest absolute Gasteiger partial charge is 0.444 e. The molecule has 2 aliphatic heterocycles. The fourth-order valence-corrected chi connectivity index (χ4v) is 6.52. The van der Waals surface area contributed by atoms with Crippen molar-refractivity contribution in [1.82, 2.24) is 10.2 Å². The number of rotatable bonds is 5. The first-order valence-electron chi connectivity index (χ1n) is 14.0. The van der Waals surface area contributed by atoms with Gasteiger partial charge in [-0.25, -0.2) is 4.79 Å². The molecule has 1 saturated carbocycles. The van der Waals surface area contributed by atoms with Crippen LogP contribution in [0.1, 0.15) is 65.0 Å². The standard InChI is InChI=1S/C32H38N4O4/c1-31(2,3)40-30(39)36-24-13-11-22(16-24)27(36)28(37)34-23(18-33)15-19-7-9-20(10-8-19)21-12-14-25-26(17-21)35(6)29(38)32(25,4)5/h7-10,12,14,17,22-24,27H,11,13,15-16H2,1-6H3,(H,34,37)/t22-,23-,24+,27-/m0/s1. The first-order chi connectivity index (χ1) is 18.8. The number of hydrogen-bond donors (Lipinski definition) is 1. The predicted octanol–water partition coefficient (Wildman–Crippen LogP) is 4.95. The molecule has 40 heavy (non-hydrogen) atoms. The molecule has 3 aliphatic rings. The monoisotopic (exact) mass is 542 g/mol. The molecule has 5 rings (SSSR count). The predicted molar refractivity (Wildman–Crippen MR) is 153 cm³/mol. The molecule has 0 spiro atoms. The molecular formula is C32H38N4O4. The highest BCUT2D eigenvalue weighted by molar-refractivity contribution is 6.07. The molecule has 210 valence electrons. The lowest BCUT2D eigenvalue weighted by atomic mass is 9.85. The van der Waals surface area contributed by atoms with Gasteiger partial charge in [0, 0.05) is 25.2 Å². The van der Waals surface area contributed by atoms with E-state index >= 15 is 0 Å². The van der Waals surface area contributed by atoms with E-state index in [-0.39, 0.29) is 23.8 Å². The summed E-state index contributed by atoms with van der Waals surface area (Å²) in [7, 11) is 1.81. The van der Waals surface area contributed by atoms with Gasteiger partial charge in [-0.3, -0.25) is 14.5 Å². The van der Waals surface area contributed by atoms with Crippen LogP contribution in [0, 0.1) is 17.2 Å². The van der Waals surface area contributed by atoms with Gasteiger partial charge in [-0.05, 0) is 88.1 Å². The fraction of sp³-hybridized carbons (Fsp3) is 0.500. The van der Waals surface area contributed by atoms with Gasteiger partial charge in [0.15, 0.2) is 0 Å². The highest BCUT2D eigenvalue weighted by Crippen LogP contribution is 2.44. The Labute approximate surface area is 236 Å². The number of fused-ring (bicyclic) bond motifs is 3. The molecule has 1 N–H and O–H groups in total. The average Bonchev–Trinajstić information content (AvgIpc) is 3.57. The highest BCUT2D eigenvalue weighted by Gasteiger charge is 2.52. The van der Waals surface area contributed by atoms with Crippen LogP contribution in [0.5, 0.6) is 0 Å². The first-order valence-corrected chi connectivity index (χ1v) is 14.0. The second-order valence-corrected chi connectivity index (χ2v) is 12.9. The van der Waals surface area contributed by atoms with E-state index in [2.05, 4.69) is 11.4 Å². The van der Waals surface area contributed by atoms with E-state index in [9.17, 15) is 19.6 Å². The van der Waals surface area contributed by atoms with E-state index in [4.69, 9.17) is 4.74 Å². The van der Waals surface area contributed by atoms with Crippen molar-refractivity contribution in [3.8, 4) is 17.2 Å². The van der Waals surface area contributed by atoms with Crippen molar-refractivity contribution in [2.45, 2.75) is 89.4 Å². The van der Waals surface area contributed by atoms with Crippen molar-refractivity contribution >= 4 is 23.6 Å². The molecule has 8 heteroatoms. The maximum absolute atomic E-state index is 13.4.